The maximum Gasteiger partial charge on any atom is 0.276 e. The van der Waals surface area contributed by atoms with Gasteiger partial charge in [-0.3, -0.25) is 9.48 Å². The Labute approximate surface area is 169 Å². The van der Waals surface area contributed by atoms with Gasteiger partial charge in [-0.25, -0.2) is 0 Å². The summed E-state index contributed by atoms with van der Waals surface area (Å²) >= 11 is 0. The molecule has 0 radical (unpaired) electrons. The second-order valence-electron chi connectivity index (χ2n) is 7.50. The number of benzene rings is 1. The van der Waals surface area contributed by atoms with Crippen LogP contribution in [0.2, 0.25) is 0 Å². The monoisotopic (exact) mass is 395 g/mol. The number of likely N-dealkylation sites (N-methyl/N-ethyl adjacent to an activating group) is 1. The molecular formula is C21H25N5O3. The van der Waals surface area contributed by atoms with Crippen molar-refractivity contribution >= 4 is 5.91 Å². The Hall–Kier alpha value is -2.97. The lowest BCUT2D eigenvalue weighted by atomic mass is 10.00. The van der Waals surface area contributed by atoms with Gasteiger partial charge in [-0.15, -0.1) is 0 Å². The minimum Gasteiger partial charge on any atom is -0.373 e. The van der Waals surface area contributed by atoms with E-state index < -0.39 is 0 Å². The van der Waals surface area contributed by atoms with Gasteiger partial charge in [-0.05, 0) is 14.1 Å². The zero-order valence-corrected chi connectivity index (χ0v) is 16.9. The molecule has 0 unspecified atom stereocenters. The van der Waals surface area contributed by atoms with Crippen LogP contribution >= 0.6 is 0 Å². The van der Waals surface area contributed by atoms with Gasteiger partial charge in [0.2, 0.25) is 0 Å². The molecule has 0 aliphatic carbocycles. The van der Waals surface area contributed by atoms with E-state index in [1.54, 1.807) is 16.9 Å². The van der Waals surface area contributed by atoms with Crippen molar-refractivity contribution in [1.82, 2.24) is 24.7 Å². The van der Waals surface area contributed by atoms with Gasteiger partial charge < -0.3 is 19.1 Å². The summed E-state index contributed by atoms with van der Waals surface area (Å²) in [6.07, 6.45) is 3.56. The van der Waals surface area contributed by atoms with Gasteiger partial charge in [0.1, 0.15) is 0 Å². The van der Waals surface area contributed by atoms with Crippen molar-refractivity contribution < 1.29 is 14.1 Å². The van der Waals surface area contributed by atoms with E-state index in [9.17, 15) is 4.79 Å². The van der Waals surface area contributed by atoms with Gasteiger partial charge in [0.05, 0.1) is 24.9 Å². The summed E-state index contributed by atoms with van der Waals surface area (Å²) in [5, 5.41) is 8.34. The van der Waals surface area contributed by atoms with E-state index in [4.69, 9.17) is 9.26 Å². The number of carbonyl (C=O) groups is 1. The fourth-order valence-electron chi connectivity index (χ4n) is 3.72. The number of aromatic nitrogens is 3. The molecule has 8 heteroatoms. The highest BCUT2D eigenvalue weighted by Crippen LogP contribution is 2.31. The number of carbonyl (C=O) groups excluding carboxylic acids is 1. The zero-order chi connectivity index (χ0) is 20.4. The average Bonchev–Trinajstić information content (AvgIpc) is 3.37. The van der Waals surface area contributed by atoms with E-state index >= 15 is 0 Å². The SMILES string of the molecule is CN(C)C[C@@H]1OCCN(C(=O)c2cc(-c3ccccc3)on2)[C@H]1c1cnn(C)c1. The number of amides is 1. The Bertz CT molecular complexity index is 966. The van der Waals surface area contributed by atoms with Gasteiger partial charge in [0.15, 0.2) is 11.5 Å². The van der Waals surface area contributed by atoms with Crippen molar-refractivity contribution in [1.29, 1.82) is 0 Å². The van der Waals surface area contributed by atoms with E-state index in [2.05, 4.69) is 15.2 Å². The van der Waals surface area contributed by atoms with Gasteiger partial charge in [0, 0.05) is 43.5 Å². The van der Waals surface area contributed by atoms with Crippen LogP contribution in [-0.2, 0) is 11.8 Å². The summed E-state index contributed by atoms with van der Waals surface area (Å²) in [5.74, 6) is 0.404. The molecule has 3 heterocycles. The molecule has 1 fully saturated rings. The Morgan fingerprint density at radius 3 is 2.76 bits per heavy atom. The van der Waals surface area contributed by atoms with Crippen LogP contribution in [0.25, 0.3) is 11.3 Å². The normalized spacial score (nSPS) is 19.7. The minimum absolute atomic E-state index is 0.160. The molecule has 1 saturated heterocycles. The van der Waals surface area contributed by atoms with Crippen molar-refractivity contribution in [2.45, 2.75) is 12.1 Å². The smallest absolute Gasteiger partial charge is 0.276 e. The van der Waals surface area contributed by atoms with E-state index in [0.717, 1.165) is 11.1 Å². The topological polar surface area (TPSA) is 76.6 Å². The van der Waals surface area contributed by atoms with E-state index in [-0.39, 0.29) is 18.1 Å². The van der Waals surface area contributed by atoms with Crippen molar-refractivity contribution in [3.8, 4) is 11.3 Å². The number of hydrogen-bond donors (Lipinski definition) is 0. The molecule has 0 spiro atoms. The number of morpholine rings is 1. The van der Waals surface area contributed by atoms with Gasteiger partial charge in [-0.1, -0.05) is 35.5 Å². The number of hydrogen-bond acceptors (Lipinski definition) is 6. The van der Waals surface area contributed by atoms with Crippen molar-refractivity contribution in [3.05, 3.63) is 60.0 Å². The van der Waals surface area contributed by atoms with Crippen LogP contribution in [0, 0.1) is 0 Å². The number of aryl methyl sites for hydroxylation is 1. The van der Waals surface area contributed by atoms with E-state index in [1.165, 1.54) is 0 Å². The maximum atomic E-state index is 13.4. The largest absolute Gasteiger partial charge is 0.373 e. The van der Waals surface area contributed by atoms with E-state index in [0.29, 0.717) is 31.2 Å². The predicted molar refractivity (Wildman–Crippen MR) is 107 cm³/mol. The predicted octanol–water partition coefficient (Wildman–Crippen LogP) is 2.22. The molecule has 3 aromatic rings. The highest BCUT2D eigenvalue weighted by Gasteiger charge is 2.38. The van der Waals surface area contributed by atoms with E-state index in [1.807, 2.05) is 62.6 Å². The Morgan fingerprint density at radius 2 is 2.07 bits per heavy atom. The third kappa shape index (κ3) is 4.08. The summed E-state index contributed by atoms with van der Waals surface area (Å²) in [6.45, 7) is 1.65. The lowest BCUT2D eigenvalue weighted by molar-refractivity contribution is -0.0687. The van der Waals surface area contributed by atoms with Crippen molar-refractivity contribution in [2.24, 2.45) is 7.05 Å². The van der Waals surface area contributed by atoms with Crippen LogP contribution in [0.4, 0.5) is 0 Å². The molecule has 1 amide bonds. The third-order valence-electron chi connectivity index (χ3n) is 5.01. The molecule has 1 aliphatic rings. The zero-order valence-electron chi connectivity index (χ0n) is 16.9. The molecule has 2 atom stereocenters. The molecule has 29 heavy (non-hydrogen) atoms. The third-order valence-corrected chi connectivity index (χ3v) is 5.01. The van der Waals surface area contributed by atoms with Crippen molar-refractivity contribution in [3.63, 3.8) is 0 Å². The van der Waals surface area contributed by atoms with Crippen LogP contribution in [-0.4, -0.2) is 70.5 Å². The highest BCUT2D eigenvalue weighted by molar-refractivity contribution is 5.93. The first kappa shape index (κ1) is 19.4. The van der Waals surface area contributed by atoms with Crippen LogP contribution in [0.3, 0.4) is 0 Å². The summed E-state index contributed by atoms with van der Waals surface area (Å²) in [6, 6.07) is 11.1. The van der Waals surface area contributed by atoms with Crippen LogP contribution in [0.1, 0.15) is 22.1 Å². The molecule has 1 aliphatic heterocycles. The molecule has 152 valence electrons. The molecule has 1 aromatic carbocycles. The highest BCUT2D eigenvalue weighted by atomic mass is 16.5. The lowest BCUT2D eigenvalue weighted by Gasteiger charge is -2.41. The van der Waals surface area contributed by atoms with Crippen LogP contribution in [0.15, 0.2) is 53.3 Å². The molecule has 0 N–H and O–H groups in total. The van der Waals surface area contributed by atoms with Crippen LogP contribution in [0.5, 0.6) is 0 Å². The lowest BCUT2D eigenvalue weighted by Crippen LogP contribution is -2.51. The van der Waals surface area contributed by atoms with Gasteiger partial charge in [-0.2, -0.15) is 5.10 Å². The van der Waals surface area contributed by atoms with Gasteiger partial charge >= 0.3 is 0 Å². The first-order chi connectivity index (χ1) is 14.0. The average molecular weight is 395 g/mol. The first-order valence-corrected chi connectivity index (χ1v) is 9.61. The molecule has 8 nitrogen and oxygen atoms in total. The van der Waals surface area contributed by atoms with Crippen LogP contribution < -0.4 is 0 Å². The second kappa shape index (κ2) is 8.18. The molecule has 2 aromatic heterocycles. The Kier molecular flexibility index (Phi) is 5.46. The van der Waals surface area contributed by atoms with Gasteiger partial charge in [0.25, 0.3) is 5.91 Å². The standard InChI is InChI=1S/C21H25N5O3/c1-24(2)14-19-20(16-12-22-25(3)13-16)26(9-10-28-19)21(27)17-11-18(29-23-17)15-7-5-4-6-8-15/h4-8,11-13,19-20H,9-10,14H2,1-3H3/t19-,20-/m0/s1. The maximum absolute atomic E-state index is 13.4. The Balaban J connectivity index is 1.64. The quantitative estimate of drug-likeness (QED) is 0.659. The number of rotatable bonds is 5. The molecular weight excluding hydrogens is 370 g/mol. The number of nitrogens with zero attached hydrogens (tertiary/aromatic N) is 5. The summed E-state index contributed by atoms with van der Waals surface area (Å²) in [7, 11) is 5.85. The fourth-order valence-corrected chi connectivity index (χ4v) is 3.72. The summed E-state index contributed by atoms with van der Waals surface area (Å²) in [5.41, 5.74) is 2.12. The first-order valence-electron chi connectivity index (χ1n) is 9.61. The van der Waals surface area contributed by atoms with Crippen molar-refractivity contribution in [2.75, 3.05) is 33.8 Å². The molecule has 0 bridgehead atoms. The number of ether oxygens (including phenoxy) is 1. The second-order valence-corrected chi connectivity index (χ2v) is 7.50. The Morgan fingerprint density at radius 1 is 1.28 bits per heavy atom. The molecule has 4 rings (SSSR count). The fraction of sp³-hybridized carbons (Fsp3) is 0.381. The molecule has 0 saturated carbocycles. The summed E-state index contributed by atoms with van der Waals surface area (Å²) < 4.78 is 13.2. The summed E-state index contributed by atoms with van der Waals surface area (Å²) in [4.78, 5) is 17.3. The minimum atomic E-state index is -0.246.